The third-order valence-electron chi connectivity index (χ3n) is 6.09. The summed E-state index contributed by atoms with van der Waals surface area (Å²) in [6, 6.07) is 10.5. The summed E-state index contributed by atoms with van der Waals surface area (Å²) in [6.45, 7) is -0.354. The Kier molecular flexibility index (Phi) is 8.90. The number of rotatable bonds is 7. The van der Waals surface area contributed by atoms with Crippen LogP contribution in [0.25, 0.3) is 22.5 Å². The largest absolute Gasteiger partial charge is 0.406 e. The highest BCUT2D eigenvalue weighted by Crippen LogP contribution is 2.35. The van der Waals surface area contributed by atoms with Crippen molar-refractivity contribution in [2.75, 3.05) is 26.1 Å². The quantitative estimate of drug-likeness (QED) is 0.274. The number of nitrogens with one attached hydrogen (secondary N) is 2. The lowest BCUT2D eigenvalue weighted by Gasteiger charge is -2.19. The highest BCUT2D eigenvalue weighted by atomic mass is 32.1. The number of aromatic nitrogens is 3. The van der Waals surface area contributed by atoms with Crippen LogP contribution in [0.2, 0.25) is 0 Å². The van der Waals surface area contributed by atoms with E-state index in [1.807, 2.05) is 19.3 Å². The van der Waals surface area contributed by atoms with Crippen molar-refractivity contribution in [3.8, 4) is 11.6 Å². The molecule has 2 N–H and O–H groups in total. The Labute approximate surface area is 226 Å². The summed E-state index contributed by atoms with van der Waals surface area (Å²) in [6.07, 6.45) is 1.36. The highest BCUT2D eigenvalue weighted by molar-refractivity contribution is 7.12. The van der Waals surface area contributed by atoms with E-state index in [0.29, 0.717) is 23.0 Å². The van der Waals surface area contributed by atoms with Crippen LogP contribution < -0.4 is 10.6 Å². The average Bonchev–Trinajstić information content (AvgIpc) is 3.65. The van der Waals surface area contributed by atoms with Gasteiger partial charge in [0.25, 0.3) is 11.8 Å². The van der Waals surface area contributed by atoms with Crippen molar-refractivity contribution in [1.82, 2.24) is 24.9 Å². The fourth-order valence-corrected chi connectivity index (χ4v) is 4.97. The maximum Gasteiger partial charge on any atom is 0.406 e. The first-order valence-corrected chi connectivity index (χ1v) is 13.0. The van der Waals surface area contributed by atoms with E-state index in [9.17, 15) is 22.4 Å². The fraction of sp³-hybridized carbons (Fsp3) is 0.346. The molecule has 4 heterocycles. The molecule has 1 unspecified atom stereocenters. The van der Waals surface area contributed by atoms with Crippen LogP contribution >= 0.6 is 11.3 Å². The molecular formula is C26H28F4N6O2S. The highest BCUT2D eigenvalue weighted by Gasteiger charge is 2.31. The Hall–Kier alpha value is -3.87. The molecule has 0 bridgehead atoms. The van der Waals surface area contributed by atoms with Gasteiger partial charge in [-0.1, -0.05) is 23.4 Å². The predicted octanol–water partition coefficient (Wildman–Crippen LogP) is 5.85. The SMILES string of the molecule is CF.CN1C=CCC(Nc2cccc3c2cc(-c2nc(CNC(=O)c4cccs4)no2)n3CC(F)(F)F)CC1. The van der Waals surface area contributed by atoms with Gasteiger partial charge in [0.05, 0.1) is 24.1 Å². The zero-order valence-corrected chi connectivity index (χ0v) is 22.2. The zero-order chi connectivity index (χ0) is 28.0. The predicted molar refractivity (Wildman–Crippen MR) is 142 cm³/mol. The number of thiophene rings is 1. The molecule has 5 rings (SSSR count). The molecule has 39 heavy (non-hydrogen) atoms. The smallest absolute Gasteiger partial charge is 0.381 e. The van der Waals surface area contributed by atoms with Crippen LogP contribution in [-0.2, 0) is 13.1 Å². The second kappa shape index (κ2) is 12.3. The van der Waals surface area contributed by atoms with Crippen LogP contribution in [0.5, 0.6) is 0 Å². The number of halogens is 4. The third kappa shape index (κ3) is 6.96. The molecule has 0 saturated carbocycles. The molecule has 13 heteroatoms. The maximum absolute atomic E-state index is 13.6. The lowest BCUT2D eigenvalue weighted by molar-refractivity contribution is -0.139. The lowest BCUT2D eigenvalue weighted by atomic mass is 10.1. The van der Waals surface area contributed by atoms with Gasteiger partial charge in [-0.2, -0.15) is 18.2 Å². The molecule has 0 aliphatic carbocycles. The van der Waals surface area contributed by atoms with Gasteiger partial charge in [-0.25, -0.2) is 0 Å². The molecule has 1 aromatic carbocycles. The Balaban J connectivity index is 0.00000172. The topological polar surface area (TPSA) is 88.2 Å². The molecule has 0 fully saturated rings. The van der Waals surface area contributed by atoms with Crippen molar-refractivity contribution < 1.29 is 26.9 Å². The molecule has 0 radical (unpaired) electrons. The standard InChI is InChI=1S/C25H25F3N6O2S.CH3F/c1-33-10-3-5-16(9-11-33)30-18-6-2-7-19-17(18)13-20(34(19)15-25(26,27)28)24-31-22(32-36-24)14-29-23(35)21-8-4-12-37-21;1-2/h2-4,6-8,10,12-13,16,30H,5,9,11,14-15H2,1H3,(H,29,35);1H3. The maximum atomic E-state index is 13.6. The summed E-state index contributed by atoms with van der Waals surface area (Å²) in [7, 11) is 2.51. The molecule has 1 amide bonds. The molecular weight excluding hydrogens is 536 g/mol. The first-order valence-electron chi connectivity index (χ1n) is 12.1. The summed E-state index contributed by atoms with van der Waals surface area (Å²) in [4.78, 5) is 19.1. The Morgan fingerprint density at radius 1 is 1.23 bits per heavy atom. The van der Waals surface area contributed by atoms with Crippen LogP contribution in [0, 0.1) is 0 Å². The number of fused-ring (bicyclic) bond motifs is 1. The Morgan fingerprint density at radius 3 is 2.79 bits per heavy atom. The van der Waals surface area contributed by atoms with Crippen molar-refractivity contribution in [2.24, 2.45) is 0 Å². The monoisotopic (exact) mass is 564 g/mol. The van der Waals surface area contributed by atoms with E-state index in [4.69, 9.17) is 4.52 Å². The second-order valence-corrected chi connectivity index (χ2v) is 9.82. The van der Waals surface area contributed by atoms with E-state index in [-0.39, 0.29) is 35.9 Å². The number of hydrogen-bond acceptors (Lipinski definition) is 7. The van der Waals surface area contributed by atoms with Gasteiger partial charge in [-0.05, 0) is 48.7 Å². The summed E-state index contributed by atoms with van der Waals surface area (Å²) in [5, 5.41) is 12.5. The van der Waals surface area contributed by atoms with Gasteiger partial charge >= 0.3 is 6.18 Å². The van der Waals surface area contributed by atoms with Gasteiger partial charge in [0.2, 0.25) is 0 Å². The van der Waals surface area contributed by atoms with Crippen molar-refractivity contribution >= 4 is 33.8 Å². The summed E-state index contributed by atoms with van der Waals surface area (Å²) < 4.78 is 56.7. The Bertz CT molecular complexity index is 1410. The lowest BCUT2D eigenvalue weighted by Crippen LogP contribution is -2.22. The van der Waals surface area contributed by atoms with Crippen molar-refractivity contribution in [3.05, 3.63) is 64.8 Å². The van der Waals surface area contributed by atoms with E-state index in [0.717, 1.165) is 29.6 Å². The second-order valence-electron chi connectivity index (χ2n) is 8.88. The number of carbonyl (C=O) groups is 1. The van der Waals surface area contributed by atoms with E-state index < -0.39 is 12.7 Å². The number of nitrogens with zero attached hydrogens (tertiary/aromatic N) is 4. The van der Waals surface area contributed by atoms with Crippen LogP contribution in [0.1, 0.15) is 28.3 Å². The van der Waals surface area contributed by atoms with E-state index in [2.05, 4.69) is 31.8 Å². The minimum absolute atomic E-state index is 0.0177. The molecule has 3 aromatic heterocycles. The molecule has 1 atom stereocenters. The first-order chi connectivity index (χ1) is 18.8. The van der Waals surface area contributed by atoms with Gasteiger partial charge < -0.3 is 24.6 Å². The van der Waals surface area contributed by atoms with Crippen molar-refractivity contribution in [1.29, 1.82) is 0 Å². The van der Waals surface area contributed by atoms with Crippen molar-refractivity contribution in [2.45, 2.75) is 38.1 Å². The van der Waals surface area contributed by atoms with Crippen molar-refractivity contribution in [3.63, 3.8) is 0 Å². The minimum Gasteiger partial charge on any atom is -0.381 e. The molecule has 1 aliphatic heterocycles. The Morgan fingerprint density at radius 2 is 2.05 bits per heavy atom. The number of anilines is 1. The van der Waals surface area contributed by atoms with Gasteiger partial charge in [-0.3, -0.25) is 9.18 Å². The summed E-state index contributed by atoms with van der Waals surface area (Å²) in [5.41, 5.74) is 1.31. The van der Waals surface area contributed by atoms with Gasteiger partial charge in [0, 0.05) is 30.7 Å². The molecule has 0 saturated heterocycles. The van der Waals surface area contributed by atoms with Crippen LogP contribution in [0.15, 0.2) is 58.6 Å². The molecule has 208 valence electrons. The van der Waals surface area contributed by atoms with Crippen LogP contribution in [0.4, 0.5) is 23.2 Å². The summed E-state index contributed by atoms with van der Waals surface area (Å²) >= 11 is 1.29. The van der Waals surface area contributed by atoms with E-state index in [1.54, 1.807) is 35.7 Å². The fourth-order valence-electron chi connectivity index (χ4n) is 4.33. The van der Waals surface area contributed by atoms with Gasteiger partial charge in [0.15, 0.2) is 5.82 Å². The number of hydrogen-bond donors (Lipinski definition) is 2. The number of amides is 1. The molecule has 0 spiro atoms. The average molecular weight is 565 g/mol. The zero-order valence-electron chi connectivity index (χ0n) is 21.3. The van der Waals surface area contributed by atoms with Crippen LogP contribution in [-0.4, -0.2) is 58.5 Å². The van der Waals surface area contributed by atoms with Gasteiger partial charge in [-0.15, -0.1) is 11.3 Å². The van der Waals surface area contributed by atoms with E-state index in [1.165, 1.54) is 11.3 Å². The third-order valence-corrected chi connectivity index (χ3v) is 6.96. The molecule has 8 nitrogen and oxygen atoms in total. The molecule has 4 aromatic rings. The van der Waals surface area contributed by atoms with E-state index >= 15 is 0 Å². The van der Waals surface area contributed by atoms with Gasteiger partial charge in [0.1, 0.15) is 12.2 Å². The molecule has 1 aliphatic rings. The number of benzene rings is 1. The number of alkyl halides is 4. The number of carbonyl (C=O) groups excluding carboxylic acids is 1. The normalized spacial score (nSPS) is 15.5. The summed E-state index contributed by atoms with van der Waals surface area (Å²) in [5.74, 6) is -0.176. The minimum atomic E-state index is -4.46. The first kappa shape index (κ1) is 28.1. The van der Waals surface area contributed by atoms with Crippen LogP contribution in [0.3, 0.4) is 0 Å².